The van der Waals surface area contributed by atoms with E-state index in [0.717, 1.165) is 6.54 Å². The molecule has 0 amide bonds. The van der Waals surface area contributed by atoms with Crippen LogP contribution in [0.5, 0.6) is 0 Å². The predicted molar refractivity (Wildman–Crippen MR) is 77.0 cm³/mol. The monoisotopic (exact) mass is 262 g/mol. The van der Waals surface area contributed by atoms with Crippen LogP contribution in [0.25, 0.3) is 0 Å². The summed E-state index contributed by atoms with van der Waals surface area (Å²) in [5.74, 6) is 0. The molecule has 4 nitrogen and oxygen atoms in total. The Morgan fingerprint density at radius 2 is 2.11 bits per heavy atom. The van der Waals surface area contributed by atoms with Crippen LogP contribution in [0.4, 0.5) is 0 Å². The van der Waals surface area contributed by atoms with Crippen molar-refractivity contribution < 1.29 is 0 Å². The fourth-order valence-electron chi connectivity index (χ4n) is 3.53. The second kappa shape index (κ2) is 5.25. The molecular formula is C15H26N4. The summed E-state index contributed by atoms with van der Waals surface area (Å²) < 4.78 is 2.06. The molecule has 1 aromatic rings. The summed E-state index contributed by atoms with van der Waals surface area (Å²) in [4.78, 5) is 2.62. The molecule has 2 fully saturated rings. The van der Waals surface area contributed by atoms with Crippen molar-refractivity contribution in [2.45, 2.75) is 45.7 Å². The van der Waals surface area contributed by atoms with Gasteiger partial charge in [-0.05, 0) is 58.2 Å². The fraction of sp³-hybridized carbons (Fsp3) is 0.800. The maximum absolute atomic E-state index is 4.44. The Bertz CT molecular complexity index is 418. The summed E-state index contributed by atoms with van der Waals surface area (Å²) >= 11 is 0. The van der Waals surface area contributed by atoms with E-state index in [0.29, 0.717) is 11.5 Å². The van der Waals surface area contributed by atoms with E-state index in [9.17, 15) is 0 Å². The number of aromatic nitrogens is 2. The van der Waals surface area contributed by atoms with Gasteiger partial charge in [0.15, 0.2) is 0 Å². The molecule has 2 saturated heterocycles. The number of nitrogens with one attached hydrogen (secondary N) is 1. The highest BCUT2D eigenvalue weighted by Gasteiger charge is 2.38. The van der Waals surface area contributed by atoms with E-state index >= 15 is 0 Å². The summed E-state index contributed by atoms with van der Waals surface area (Å²) in [7, 11) is 0. The Labute approximate surface area is 116 Å². The lowest BCUT2D eigenvalue weighted by atomic mass is 9.78. The van der Waals surface area contributed by atoms with E-state index in [-0.39, 0.29) is 0 Å². The van der Waals surface area contributed by atoms with Gasteiger partial charge in [-0.1, -0.05) is 0 Å². The van der Waals surface area contributed by atoms with Crippen LogP contribution in [0.3, 0.4) is 0 Å². The van der Waals surface area contributed by atoms with Crippen LogP contribution in [0.1, 0.15) is 44.7 Å². The Morgan fingerprint density at radius 1 is 1.32 bits per heavy atom. The molecule has 106 valence electrons. The Balaban J connectivity index is 1.58. The van der Waals surface area contributed by atoms with E-state index in [1.807, 2.05) is 6.20 Å². The van der Waals surface area contributed by atoms with E-state index < -0.39 is 0 Å². The first-order valence-corrected chi connectivity index (χ1v) is 7.63. The number of nitrogens with zero attached hydrogens (tertiary/aromatic N) is 3. The lowest BCUT2D eigenvalue weighted by molar-refractivity contribution is 0.194. The maximum Gasteiger partial charge on any atom is 0.0534 e. The van der Waals surface area contributed by atoms with Gasteiger partial charge in [-0.3, -0.25) is 9.58 Å². The van der Waals surface area contributed by atoms with E-state index in [2.05, 4.69) is 40.0 Å². The number of hydrogen-bond acceptors (Lipinski definition) is 3. The molecule has 0 radical (unpaired) electrons. The van der Waals surface area contributed by atoms with Gasteiger partial charge in [0.25, 0.3) is 0 Å². The number of likely N-dealkylation sites (tertiary alicyclic amines) is 1. The standard InChI is InChI=1S/C15H26N4/c1-13(2)19-11-14(9-17-19)10-18-8-5-15(12-18)3-6-16-7-4-15/h9,11,13,16H,3-8,10,12H2,1-2H3. The first-order chi connectivity index (χ1) is 9.17. The summed E-state index contributed by atoms with van der Waals surface area (Å²) in [6.45, 7) is 10.4. The van der Waals surface area contributed by atoms with E-state index in [1.54, 1.807) is 0 Å². The Hall–Kier alpha value is -0.870. The average molecular weight is 262 g/mol. The minimum Gasteiger partial charge on any atom is -0.317 e. The van der Waals surface area contributed by atoms with Crippen molar-refractivity contribution in [3.05, 3.63) is 18.0 Å². The van der Waals surface area contributed by atoms with Gasteiger partial charge in [-0.25, -0.2) is 0 Å². The molecule has 2 aliphatic rings. The fourth-order valence-corrected chi connectivity index (χ4v) is 3.53. The van der Waals surface area contributed by atoms with Crippen LogP contribution < -0.4 is 5.32 Å². The van der Waals surface area contributed by atoms with Crippen LogP contribution in [0.15, 0.2) is 12.4 Å². The van der Waals surface area contributed by atoms with Gasteiger partial charge in [0.05, 0.1) is 6.20 Å². The molecule has 3 rings (SSSR count). The van der Waals surface area contributed by atoms with Crippen molar-refractivity contribution in [1.29, 1.82) is 0 Å². The topological polar surface area (TPSA) is 33.1 Å². The van der Waals surface area contributed by atoms with Crippen molar-refractivity contribution in [3.63, 3.8) is 0 Å². The van der Waals surface area contributed by atoms with Gasteiger partial charge in [-0.15, -0.1) is 0 Å². The highest BCUT2D eigenvalue weighted by molar-refractivity contribution is 5.06. The minimum atomic E-state index is 0.461. The summed E-state index contributed by atoms with van der Waals surface area (Å²) in [5, 5.41) is 7.93. The van der Waals surface area contributed by atoms with Gasteiger partial charge in [0, 0.05) is 30.9 Å². The van der Waals surface area contributed by atoms with Crippen molar-refractivity contribution in [2.75, 3.05) is 26.2 Å². The third-order valence-electron chi connectivity index (χ3n) is 4.77. The summed E-state index contributed by atoms with van der Waals surface area (Å²) in [6.07, 6.45) is 8.34. The van der Waals surface area contributed by atoms with Crippen LogP contribution in [-0.4, -0.2) is 40.9 Å². The number of hydrogen-bond donors (Lipinski definition) is 1. The Morgan fingerprint density at radius 3 is 2.79 bits per heavy atom. The molecule has 1 aromatic heterocycles. The van der Waals surface area contributed by atoms with Crippen LogP contribution in [0, 0.1) is 5.41 Å². The molecule has 2 aliphatic heterocycles. The second-order valence-electron chi connectivity index (χ2n) is 6.63. The highest BCUT2D eigenvalue weighted by Crippen LogP contribution is 2.38. The van der Waals surface area contributed by atoms with Gasteiger partial charge in [-0.2, -0.15) is 5.10 Å². The van der Waals surface area contributed by atoms with Gasteiger partial charge < -0.3 is 5.32 Å². The smallest absolute Gasteiger partial charge is 0.0534 e. The molecule has 0 bridgehead atoms. The molecule has 1 spiro atoms. The minimum absolute atomic E-state index is 0.461. The van der Waals surface area contributed by atoms with Crippen LogP contribution >= 0.6 is 0 Å². The molecular weight excluding hydrogens is 236 g/mol. The molecule has 4 heteroatoms. The molecule has 0 saturated carbocycles. The quantitative estimate of drug-likeness (QED) is 0.905. The normalized spacial score (nSPS) is 23.5. The zero-order valence-corrected chi connectivity index (χ0v) is 12.2. The highest BCUT2D eigenvalue weighted by atomic mass is 15.3. The Kier molecular flexibility index (Phi) is 3.63. The van der Waals surface area contributed by atoms with Gasteiger partial charge >= 0.3 is 0 Å². The number of piperidine rings is 1. The second-order valence-corrected chi connectivity index (χ2v) is 6.63. The third kappa shape index (κ3) is 2.84. The summed E-state index contributed by atoms with van der Waals surface area (Å²) in [5.41, 5.74) is 1.97. The third-order valence-corrected chi connectivity index (χ3v) is 4.77. The van der Waals surface area contributed by atoms with Crippen molar-refractivity contribution in [1.82, 2.24) is 20.0 Å². The SMILES string of the molecule is CC(C)n1cc(CN2CCC3(CCNCC3)C2)cn1. The zero-order chi connectivity index (χ0) is 13.3. The first-order valence-electron chi connectivity index (χ1n) is 7.63. The van der Waals surface area contributed by atoms with Crippen molar-refractivity contribution in [2.24, 2.45) is 5.41 Å². The maximum atomic E-state index is 4.44. The molecule has 0 aromatic carbocycles. The largest absolute Gasteiger partial charge is 0.317 e. The van der Waals surface area contributed by atoms with E-state index in [1.165, 1.54) is 51.0 Å². The molecule has 3 heterocycles. The predicted octanol–water partition coefficient (Wildman–Crippen LogP) is 2.04. The van der Waals surface area contributed by atoms with Crippen LogP contribution in [-0.2, 0) is 6.54 Å². The molecule has 1 N–H and O–H groups in total. The molecule has 19 heavy (non-hydrogen) atoms. The molecule has 0 aliphatic carbocycles. The lowest BCUT2D eigenvalue weighted by Crippen LogP contribution is -2.38. The number of rotatable bonds is 3. The van der Waals surface area contributed by atoms with E-state index in [4.69, 9.17) is 0 Å². The zero-order valence-electron chi connectivity index (χ0n) is 12.2. The van der Waals surface area contributed by atoms with Gasteiger partial charge in [0.1, 0.15) is 0 Å². The lowest BCUT2D eigenvalue weighted by Gasteiger charge is -2.33. The van der Waals surface area contributed by atoms with Crippen LogP contribution in [0.2, 0.25) is 0 Å². The first kappa shape index (κ1) is 13.1. The van der Waals surface area contributed by atoms with Crippen molar-refractivity contribution >= 4 is 0 Å². The molecule has 0 atom stereocenters. The summed E-state index contributed by atoms with van der Waals surface area (Å²) in [6, 6.07) is 0.461. The van der Waals surface area contributed by atoms with Crippen molar-refractivity contribution in [3.8, 4) is 0 Å². The van der Waals surface area contributed by atoms with Gasteiger partial charge in [0.2, 0.25) is 0 Å². The molecule has 0 unspecified atom stereocenters. The average Bonchev–Trinajstić information content (AvgIpc) is 2.99.